The van der Waals surface area contributed by atoms with E-state index in [0.29, 0.717) is 13.1 Å². The van der Waals surface area contributed by atoms with Gasteiger partial charge in [-0.2, -0.15) is 0 Å². The second kappa shape index (κ2) is 7.06. The number of phenolic OH excluding ortho intramolecular Hbond substituents is 1. The Hall–Kier alpha value is -3.67. The summed E-state index contributed by atoms with van der Waals surface area (Å²) in [7, 11) is 1.33. The number of amides is 1. The van der Waals surface area contributed by atoms with E-state index in [1.807, 2.05) is 0 Å². The van der Waals surface area contributed by atoms with Crippen molar-refractivity contribution in [1.82, 2.24) is 15.6 Å². The molecule has 2 aromatic rings. The number of rotatable bonds is 3. The molecule has 0 bridgehead atoms. The molecule has 132 valence electrons. The zero-order valence-electron chi connectivity index (χ0n) is 13.7. The number of aromatic hydroxyl groups is 1. The van der Waals surface area contributed by atoms with Crippen molar-refractivity contribution in [2.24, 2.45) is 4.99 Å². The van der Waals surface area contributed by atoms with E-state index in [9.17, 15) is 14.3 Å². The van der Waals surface area contributed by atoms with E-state index < -0.39 is 11.7 Å². The van der Waals surface area contributed by atoms with Gasteiger partial charge in [-0.25, -0.2) is 14.2 Å². The number of methoxy groups -OCH3 is 1. The lowest BCUT2D eigenvalue weighted by Gasteiger charge is -2.15. The number of phenols is 1. The van der Waals surface area contributed by atoms with Crippen molar-refractivity contribution in [1.29, 1.82) is 0 Å². The van der Waals surface area contributed by atoms with Gasteiger partial charge in [0, 0.05) is 17.7 Å². The number of nitrogens with zero attached hydrogens (tertiary/aromatic N) is 3. The summed E-state index contributed by atoms with van der Waals surface area (Å²) < 4.78 is 18.9. The van der Waals surface area contributed by atoms with Crippen LogP contribution in [0.5, 0.6) is 11.6 Å². The van der Waals surface area contributed by atoms with Gasteiger partial charge in [-0.1, -0.05) is 6.07 Å². The molecular formula is C17H14FN5O3. The minimum Gasteiger partial charge on any atom is -0.507 e. The first-order valence-electron chi connectivity index (χ1n) is 7.58. The number of benzene rings is 1. The summed E-state index contributed by atoms with van der Waals surface area (Å²) in [5.74, 6) is -1.45. The highest BCUT2D eigenvalue weighted by atomic mass is 19.1. The lowest BCUT2D eigenvalue weighted by molar-refractivity contribution is 0.0974. The van der Waals surface area contributed by atoms with Gasteiger partial charge in [0.05, 0.1) is 32.0 Å². The molecule has 0 aliphatic carbocycles. The standard InChI is InChI=1S/C17H14FN5O3/c1-19-11-3-4-12(24)14(15(25)23-17-20-5-6-21-17)13(11)10-7-9(18)8-22-16(10)26-2/h3-4,7-8,24H,5-6H2,2H3,(H2,20,21,23,25). The van der Waals surface area contributed by atoms with Gasteiger partial charge >= 0.3 is 0 Å². The molecule has 1 amide bonds. The maximum atomic E-state index is 13.8. The van der Waals surface area contributed by atoms with Gasteiger partial charge in [-0.05, 0) is 12.1 Å². The summed E-state index contributed by atoms with van der Waals surface area (Å²) in [6.45, 7) is 8.46. The number of nitrogens with one attached hydrogen (secondary N) is 2. The summed E-state index contributed by atoms with van der Waals surface area (Å²) in [5.41, 5.74) is -0.0404. The predicted octanol–water partition coefficient (Wildman–Crippen LogP) is 1.84. The van der Waals surface area contributed by atoms with E-state index in [1.165, 1.54) is 19.2 Å². The second-order valence-corrected chi connectivity index (χ2v) is 5.29. The van der Waals surface area contributed by atoms with Gasteiger partial charge in [-0.15, -0.1) is 0 Å². The van der Waals surface area contributed by atoms with Gasteiger partial charge in [0.25, 0.3) is 5.91 Å². The second-order valence-electron chi connectivity index (χ2n) is 5.29. The van der Waals surface area contributed by atoms with Crippen molar-refractivity contribution in [2.45, 2.75) is 0 Å². The number of halogens is 1. The first kappa shape index (κ1) is 17.2. The van der Waals surface area contributed by atoms with Crippen LogP contribution in [0.4, 0.5) is 10.1 Å². The van der Waals surface area contributed by atoms with Crippen LogP contribution in [0.3, 0.4) is 0 Å². The number of ether oxygens (including phenoxy) is 1. The van der Waals surface area contributed by atoms with E-state index in [4.69, 9.17) is 11.3 Å². The molecule has 8 nitrogen and oxygen atoms in total. The van der Waals surface area contributed by atoms with Crippen LogP contribution in [0.25, 0.3) is 16.0 Å². The summed E-state index contributed by atoms with van der Waals surface area (Å²) in [6, 6.07) is 3.66. The van der Waals surface area contributed by atoms with Crippen LogP contribution in [0.1, 0.15) is 10.4 Å². The summed E-state index contributed by atoms with van der Waals surface area (Å²) in [4.78, 5) is 24.0. The normalized spacial score (nSPS) is 12.7. The first-order chi connectivity index (χ1) is 12.5. The molecule has 0 saturated carbocycles. The minimum atomic E-state index is -0.692. The largest absolute Gasteiger partial charge is 0.507 e. The smallest absolute Gasteiger partial charge is 0.261 e. The summed E-state index contributed by atoms with van der Waals surface area (Å²) in [6.07, 6.45) is 0.958. The molecule has 0 spiro atoms. The minimum absolute atomic E-state index is 0.0206. The highest BCUT2D eigenvalue weighted by Crippen LogP contribution is 2.41. The quantitative estimate of drug-likeness (QED) is 0.730. The number of carbonyl (C=O) groups excluding carboxylic acids is 1. The van der Waals surface area contributed by atoms with E-state index in [0.717, 1.165) is 12.3 Å². The molecule has 2 heterocycles. The Balaban J connectivity index is 2.21. The number of guanidine groups is 1. The van der Waals surface area contributed by atoms with Crippen molar-refractivity contribution in [2.75, 3.05) is 20.2 Å². The van der Waals surface area contributed by atoms with Crippen LogP contribution in [0.15, 0.2) is 29.4 Å². The van der Waals surface area contributed by atoms with Crippen molar-refractivity contribution in [3.05, 3.63) is 47.2 Å². The molecule has 0 unspecified atom stereocenters. The van der Waals surface area contributed by atoms with Crippen molar-refractivity contribution >= 4 is 17.6 Å². The highest BCUT2D eigenvalue weighted by Gasteiger charge is 2.25. The molecule has 0 atom stereocenters. The van der Waals surface area contributed by atoms with Crippen LogP contribution >= 0.6 is 0 Å². The molecule has 26 heavy (non-hydrogen) atoms. The van der Waals surface area contributed by atoms with Crippen LogP contribution < -0.4 is 15.4 Å². The number of carbonyl (C=O) groups is 1. The summed E-state index contributed by atoms with van der Waals surface area (Å²) >= 11 is 0. The maximum absolute atomic E-state index is 13.8. The molecule has 1 aliphatic rings. The van der Waals surface area contributed by atoms with Gasteiger partial charge in [0.1, 0.15) is 11.6 Å². The molecule has 0 saturated heterocycles. The van der Waals surface area contributed by atoms with Crippen molar-refractivity contribution in [3.8, 4) is 22.8 Å². The molecular weight excluding hydrogens is 341 g/mol. The van der Waals surface area contributed by atoms with Gasteiger partial charge < -0.3 is 15.2 Å². The molecule has 0 fully saturated rings. The predicted molar refractivity (Wildman–Crippen MR) is 91.9 cm³/mol. The number of aliphatic imine (C=N–C) groups is 1. The third-order valence-corrected chi connectivity index (χ3v) is 3.70. The lowest BCUT2D eigenvalue weighted by Crippen LogP contribution is -2.38. The lowest BCUT2D eigenvalue weighted by atomic mass is 9.96. The Morgan fingerprint density at radius 2 is 2.31 bits per heavy atom. The Morgan fingerprint density at radius 1 is 1.50 bits per heavy atom. The van der Waals surface area contributed by atoms with Crippen LogP contribution in [0.2, 0.25) is 0 Å². The maximum Gasteiger partial charge on any atom is 0.261 e. The van der Waals surface area contributed by atoms with Gasteiger partial charge in [-0.3, -0.25) is 15.1 Å². The topological polar surface area (TPSA) is 100 Å². The Kier molecular flexibility index (Phi) is 4.66. The third kappa shape index (κ3) is 3.12. The molecule has 3 N–H and O–H groups in total. The molecule has 1 aliphatic heterocycles. The molecule has 0 radical (unpaired) electrons. The van der Waals surface area contributed by atoms with E-state index in [1.54, 1.807) is 0 Å². The summed E-state index contributed by atoms with van der Waals surface area (Å²) in [5, 5.41) is 15.7. The van der Waals surface area contributed by atoms with E-state index in [-0.39, 0.29) is 40.0 Å². The highest BCUT2D eigenvalue weighted by molar-refractivity contribution is 6.13. The molecule has 1 aromatic heterocycles. The molecule has 3 rings (SSSR count). The Labute approximate surface area is 148 Å². The first-order valence-corrected chi connectivity index (χ1v) is 7.58. The number of pyridine rings is 1. The Morgan fingerprint density at radius 3 is 2.96 bits per heavy atom. The fraction of sp³-hybridized carbons (Fsp3) is 0.176. The zero-order valence-corrected chi connectivity index (χ0v) is 13.7. The van der Waals surface area contributed by atoms with Gasteiger partial charge in [0.15, 0.2) is 11.6 Å². The van der Waals surface area contributed by atoms with Crippen LogP contribution in [-0.2, 0) is 0 Å². The third-order valence-electron chi connectivity index (χ3n) is 3.70. The fourth-order valence-electron chi connectivity index (χ4n) is 2.60. The number of aromatic nitrogens is 1. The SMILES string of the molecule is [C-]#[N+]c1ccc(O)c(C(=O)NC2=NCCN2)c1-c1cc(F)cnc1OC. The van der Waals surface area contributed by atoms with Crippen LogP contribution in [-0.4, -0.2) is 42.2 Å². The Bertz CT molecular complexity index is 952. The van der Waals surface area contributed by atoms with Gasteiger partial charge in [0.2, 0.25) is 5.88 Å². The van der Waals surface area contributed by atoms with Crippen LogP contribution in [0, 0.1) is 12.4 Å². The number of hydrogen-bond donors (Lipinski definition) is 3. The fourth-order valence-corrected chi connectivity index (χ4v) is 2.60. The number of hydrogen-bond acceptors (Lipinski definition) is 6. The zero-order chi connectivity index (χ0) is 18.7. The average molecular weight is 355 g/mol. The molecule has 9 heteroatoms. The van der Waals surface area contributed by atoms with E-state index >= 15 is 0 Å². The monoisotopic (exact) mass is 355 g/mol. The average Bonchev–Trinajstić information content (AvgIpc) is 3.14. The van der Waals surface area contributed by atoms with Crippen molar-refractivity contribution < 1.29 is 19.0 Å². The van der Waals surface area contributed by atoms with Crippen molar-refractivity contribution in [3.63, 3.8) is 0 Å². The van der Waals surface area contributed by atoms with E-state index in [2.05, 4.69) is 25.5 Å². The molecule has 1 aromatic carbocycles.